The topological polar surface area (TPSA) is 68.7 Å². The van der Waals surface area contributed by atoms with Crippen LogP contribution in [0.4, 0.5) is 5.69 Å². The van der Waals surface area contributed by atoms with E-state index in [2.05, 4.69) is 4.98 Å². The number of benzene rings is 2. The second kappa shape index (κ2) is 7.36. The SMILES string of the molecule is COc1ccccc1N1C[C@H](C(=O)OCc2nc3ccccc3s2)CC1=O. The van der Waals surface area contributed by atoms with E-state index in [0.29, 0.717) is 11.4 Å². The molecule has 0 N–H and O–H groups in total. The van der Waals surface area contributed by atoms with Gasteiger partial charge in [0, 0.05) is 13.0 Å². The summed E-state index contributed by atoms with van der Waals surface area (Å²) >= 11 is 1.50. The average Bonchev–Trinajstić information content (AvgIpc) is 3.29. The van der Waals surface area contributed by atoms with Crippen molar-refractivity contribution in [2.45, 2.75) is 13.0 Å². The van der Waals surface area contributed by atoms with E-state index in [0.717, 1.165) is 15.2 Å². The van der Waals surface area contributed by atoms with Crippen LogP contribution in [0.5, 0.6) is 5.75 Å². The number of carbonyl (C=O) groups excluding carboxylic acids is 2. The molecule has 27 heavy (non-hydrogen) atoms. The van der Waals surface area contributed by atoms with Gasteiger partial charge in [0.2, 0.25) is 5.91 Å². The molecule has 1 fully saturated rings. The molecule has 1 aromatic heterocycles. The number of hydrogen-bond donors (Lipinski definition) is 0. The molecule has 138 valence electrons. The van der Waals surface area contributed by atoms with E-state index in [1.807, 2.05) is 42.5 Å². The van der Waals surface area contributed by atoms with Crippen molar-refractivity contribution in [1.29, 1.82) is 0 Å². The number of carbonyl (C=O) groups is 2. The number of amides is 1. The Morgan fingerprint density at radius 2 is 2.00 bits per heavy atom. The molecule has 2 aromatic carbocycles. The van der Waals surface area contributed by atoms with Crippen molar-refractivity contribution in [2.24, 2.45) is 5.92 Å². The van der Waals surface area contributed by atoms with Gasteiger partial charge in [-0.25, -0.2) is 4.98 Å². The van der Waals surface area contributed by atoms with Crippen LogP contribution in [0.3, 0.4) is 0 Å². The van der Waals surface area contributed by atoms with E-state index in [1.54, 1.807) is 18.1 Å². The van der Waals surface area contributed by atoms with Crippen LogP contribution in [0.1, 0.15) is 11.4 Å². The minimum Gasteiger partial charge on any atom is -0.495 e. The molecule has 0 bridgehead atoms. The Kier molecular flexibility index (Phi) is 4.77. The monoisotopic (exact) mass is 382 g/mol. The Labute approximate surface area is 160 Å². The molecule has 7 heteroatoms. The third kappa shape index (κ3) is 3.50. The fourth-order valence-electron chi connectivity index (χ4n) is 3.18. The molecule has 0 saturated carbocycles. The molecule has 1 amide bonds. The average molecular weight is 382 g/mol. The number of aromatic nitrogens is 1. The Balaban J connectivity index is 1.41. The fraction of sp³-hybridized carbons (Fsp3) is 0.250. The third-order valence-electron chi connectivity index (χ3n) is 4.51. The van der Waals surface area contributed by atoms with Gasteiger partial charge < -0.3 is 14.4 Å². The Bertz CT molecular complexity index is 967. The fourth-order valence-corrected chi connectivity index (χ4v) is 4.06. The van der Waals surface area contributed by atoms with Gasteiger partial charge in [-0.05, 0) is 24.3 Å². The normalized spacial score (nSPS) is 16.7. The van der Waals surface area contributed by atoms with E-state index in [-0.39, 0.29) is 31.4 Å². The molecule has 1 saturated heterocycles. The smallest absolute Gasteiger partial charge is 0.311 e. The second-order valence-corrected chi connectivity index (χ2v) is 7.38. The van der Waals surface area contributed by atoms with E-state index < -0.39 is 5.92 Å². The summed E-state index contributed by atoms with van der Waals surface area (Å²) in [4.78, 5) is 30.9. The van der Waals surface area contributed by atoms with E-state index in [4.69, 9.17) is 9.47 Å². The van der Waals surface area contributed by atoms with E-state index in [9.17, 15) is 9.59 Å². The number of ether oxygens (including phenoxy) is 2. The van der Waals surface area contributed by atoms with Crippen LogP contribution in [0.2, 0.25) is 0 Å². The standard InChI is InChI=1S/C20H18N2O4S/c1-25-16-8-4-3-7-15(16)22-11-13(10-19(22)23)20(24)26-12-18-21-14-6-2-5-9-17(14)27-18/h2-9,13H,10-12H2,1H3/t13-/m1/s1. The van der Waals surface area contributed by atoms with Gasteiger partial charge in [-0.3, -0.25) is 9.59 Å². The van der Waals surface area contributed by atoms with Crippen molar-refractivity contribution in [3.8, 4) is 5.75 Å². The van der Waals surface area contributed by atoms with Crippen LogP contribution >= 0.6 is 11.3 Å². The largest absolute Gasteiger partial charge is 0.495 e. The van der Waals surface area contributed by atoms with Crippen molar-refractivity contribution in [3.63, 3.8) is 0 Å². The lowest BCUT2D eigenvalue weighted by molar-refractivity contribution is -0.149. The number of fused-ring (bicyclic) bond motifs is 1. The van der Waals surface area contributed by atoms with Crippen LogP contribution in [0.15, 0.2) is 48.5 Å². The Morgan fingerprint density at radius 3 is 2.81 bits per heavy atom. The predicted molar refractivity (Wildman–Crippen MR) is 103 cm³/mol. The van der Waals surface area contributed by atoms with Crippen LogP contribution in [0.25, 0.3) is 10.2 Å². The first-order valence-corrected chi connectivity index (χ1v) is 9.42. The van der Waals surface area contributed by atoms with Crippen molar-refractivity contribution >= 4 is 39.1 Å². The minimum atomic E-state index is -0.489. The van der Waals surface area contributed by atoms with Crippen LogP contribution in [-0.4, -0.2) is 30.5 Å². The van der Waals surface area contributed by atoms with Crippen LogP contribution in [0, 0.1) is 5.92 Å². The lowest BCUT2D eigenvalue weighted by Gasteiger charge is -2.19. The Morgan fingerprint density at radius 1 is 1.22 bits per heavy atom. The summed E-state index contributed by atoms with van der Waals surface area (Å²) in [5.74, 6) is -0.368. The molecule has 3 aromatic rings. The summed E-state index contributed by atoms with van der Waals surface area (Å²) in [6.45, 7) is 0.412. The number of hydrogen-bond acceptors (Lipinski definition) is 6. The number of nitrogens with zero attached hydrogens (tertiary/aromatic N) is 2. The number of para-hydroxylation sites is 3. The number of esters is 1. The minimum absolute atomic E-state index is 0.110. The summed E-state index contributed by atoms with van der Waals surface area (Å²) in [6, 6.07) is 15.1. The molecular formula is C20H18N2O4S. The van der Waals surface area contributed by atoms with Crippen LogP contribution in [-0.2, 0) is 20.9 Å². The van der Waals surface area contributed by atoms with Gasteiger partial charge in [-0.15, -0.1) is 11.3 Å². The van der Waals surface area contributed by atoms with Crippen molar-refractivity contribution in [2.75, 3.05) is 18.6 Å². The van der Waals surface area contributed by atoms with E-state index >= 15 is 0 Å². The van der Waals surface area contributed by atoms with Gasteiger partial charge in [0.25, 0.3) is 0 Å². The molecule has 6 nitrogen and oxygen atoms in total. The molecule has 0 aliphatic carbocycles. The highest BCUT2D eigenvalue weighted by molar-refractivity contribution is 7.18. The number of anilines is 1. The zero-order valence-corrected chi connectivity index (χ0v) is 15.6. The predicted octanol–water partition coefficient (Wildman–Crippen LogP) is 3.40. The van der Waals surface area contributed by atoms with Gasteiger partial charge in [-0.1, -0.05) is 24.3 Å². The van der Waals surface area contributed by atoms with Gasteiger partial charge in [0.15, 0.2) is 0 Å². The molecular weight excluding hydrogens is 364 g/mol. The molecule has 2 heterocycles. The zero-order chi connectivity index (χ0) is 18.8. The number of rotatable bonds is 5. The van der Waals surface area contributed by atoms with Crippen molar-refractivity contribution in [1.82, 2.24) is 4.98 Å². The maximum absolute atomic E-state index is 12.5. The summed E-state index contributed by atoms with van der Waals surface area (Å²) in [6.07, 6.45) is 0.136. The van der Waals surface area contributed by atoms with Gasteiger partial charge in [0.1, 0.15) is 17.4 Å². The molecule has 1 atom stereocenters. The lowest BCUT2D eigenvalue weighted by atomic mass is 10.1. The van der Waals surface area contributed by atoms with Crippen LogP contribution < -0.4 is 9.64 Å². The van der Waals surface area contributed by atoms with Gasteiger partial charge in [0.05, 0.1) is 28.9 Å². The highest BCUT2D eigenvalue weighted by atomic mass is 32.1. The summed E-state index contributed by atoms with van der Waals surface area (Å²) in [5.41, 5.74) is 1.57. The van der Waals surface area contributed by atoms with Gasteiger partial charge in [-0.2, -0.15) is 0 Å². The molecule has 0 radical (unpaired) electrons. The third-order valence-corrected chi connectivity index (χ3v) is 5.52. The first-order chi connectivity index (χ1) is 13.2. The highest BCUT2D eigenvalue weighted by Gasteiger charge is 2.37. The number of thiazole rings is 1. The quantitative estimate of drug-likeness (QED) is 0.633. The van der Waals surface area contributed by atoms with Crippen molar-refractivity contribution < 1.29 is 19.1 Å². The van der Waals surface area contributed by atoms with Crippen molar-refractivity contribution in [3.05, 3.63) is 53.5 Å². The molecule has 0 unspecified atom stereocenters. The summed E-state index contributed by atoms with van der Waals surface area (Å²) < 4.78 is 11.8. The Hall–Kier alpha value is -2.93. The summed E-state index contributed by atoms with van der Waals surface area (Å²) in [5, 5.41) is 0.746. The first kappa shape index (κ1) is 17.5. The lowest BCUT2D eigenvalue weighted by Crippen LogP contribution is -2.26. The molecule has 1 aliphatic heterocycles. The molecule has 0 spiro atoms. The summed E-state index contributed by atoms with van der Waals surface area (Å²) in [7, 11) is 1.56. The number of methoxy groups -OCH3 is 1. The molecule has 1 aliphatic rings. The first-order valence-electron chi connectivity index (χ1n) is 8.60. The maximum Gasteiger partial charge on any atom is 0.311 e. The maximum atomic E-state index is 12.5. The van der Waals surface area contributed by atoms with E-state index in [1.165, 1.54) is 11.3 Å². The van der Waals surface area contributed by atoms with Gasteiger partial charge >= 0.3 is 5.97 Å². The molecule has 4 rings (SSSR count). The highest BCUT2D eigenvalue weighted by Crippen LogP contribution is 2.33. The second-order valence-electron chi connectivity index (χ2n) is 6.26. The zero-order valence-electron chi connectivity index (χ0n) is 14.8.